The fourth-order valence-corrected chi connectivity index (χ4v) is 4.34. The van der Waals surface area contributed by atoms with Crippen LogP contribution in [0.5, 0.6) is 0 Å². The van der Waals surface area contributed by atoms with Crippen molar-refractivity contribution in [3.8, 4) is 0 Å². The molecule has 0 aromatic carbocycles. The number of halogens is 16. The summed E-state index contributed by atoms with van der Waals surface area (Å²) in [5.74, 6) is -67.6. The van der Waals surface area contributed by atoms with E-state index in [0.29, 0.717) is 12.8 Å². The minimum Gasteiger partial charge on any atom is -0.462 e. The van der Waals surface area contributed by atoms with Crippen LogP contribution in [0.2, 0.25) is 0 Å². The Hall–Kier alpha value is -2.78. The SMILES string of the molecule is C=C(C)C(=O)OCC(CCC(F)(F)C(F)(F)C(F)(F)C(F)(F)C(F)(F)C(F)(F)C(F)(F)C(F)(F)CCCCCCC)COC(=O)C(=C)CC(CO)CO. The highest BCUT2D eigenvalue weighted by molar-refractivity contribution is 5.88. The van der Waals surface area contributed by atoms with Crippen LogP contribution in [0.4, 0.5) is 70.2 Å². The lowest BCUT2D eigenvalue weighted by Gasteiger charge is -2.43. The Kier molecular flexibility index (Phi) is 17.7. The van der Waals surface area contributed by atoms with Gasteiger partial charge in [-0.05, 0) is 26.2 Å². The number of unbranched alkanes of at least 4 members (excludes halogenated alkanes) is 4. The van der Waals surface area contributed by atoms with E-state index in [4.69, 9.17) is 10.2 Å². The van der Waals surface area contributed by atoms with Crippen LogP contribution in [-0.2, 0) is 19.1 Å². The highest BCUT2D eigenvalue weighted by Gasteiger charge is 2.94. The molecular formula is C31H40F16O6. The van der Waals surface area contributed by atoms with Crippen molar-refractivity contribution in [2.75, 3.05) is 26.4 Å². The molecule has 0 aromatic heterocycles. The van der Waals surface area contributed by atoms with Gasteiger partial charge in [-0.2, -0.15) is 70.2 Å². The fourth-order valence-electron chi connectivity index (χ4n) is 4.34. The van der Waals surface area contributed by atoms with Crippen molar-refractivity contribution in [1.82, 2.24) is 0 Å². The van der Waals surface area contributed by atoms with Crippen molar-refractivity contribution in [2.45, 2.75) is 119 Å². The van der Waals surface area contributed by atoms with E-state index in [1.54, 1.807) is 6.92 Å². The zero-order valence-electron chi connectivity index (χ0n) is 28.3. The Morgan fingerprint density at radius 3 is 1.34 bits per heavy atom. The minimum atomic E-state index is -8.57. The molecule has 0 aromatic rings. The normalized spacial score (nSPS) is 14.7. The second kappa shape index (κ2) is 18.7. The van der Waals surface area contributed by atoms with E-state index < -0.39 is 135 Å². The number of esters is 2. The van der Waals surface area contributed by atoms with Crippen LogP contribution in [0.25, 0.3) is 0 Å². The van der Waals surface area contributed by atoms with Gasteiger partial charge in [0.05, 0.1) is 13.2 Å². The average Bonchev–Trinajstić information content (AvgIpc) is 3.05. The molecule has 0 rings (SSSR count). The third-order valence-corrected chi connectivity index (χ3v) is 7.94. The van der Waals surface area contributed by atoms with Crippen LogP contribution < -0.4 is 0 Å². The van der Waals surface area contributed by atoms with Crippen LogP contribution in [0.15, 0.2) is 24.3 Å². The number of ether oxygens (including phenoxy) is 2. The second-order valence-electron chi connectivity index (χ2n) is 12.4. The van der Waals surface area contributed by atoms with Crippen LogP contribution in [-0.4, -0.2) is 96.0 Å². The van der Waals surface area contributed by atoms with E-state index in [1.165, 1.54) is 0 Å². The monoisotopic (exact) mass is 812 g/mol. The molecule has 0 aliphatic rings. The predicted molar refractivity (Wildman–Crippen MR) is 154 cm³/mol. The first-order chi connectivity index (χ1) is 23.8. The van der Waals surface area contributed by atoms with Gasteiger partial charge in [0.2, 0.25) is 0 Å². The number of hydrogen-bond donors (Lipinski definition) is 2. The van der Waals surface area contributed by atoms with E-state index in [1.807, 2.05) is 0 Å². The zero-order chi connectivity index (χ0) is 42.1. The van der Waals surface area contributed by atoms with E-state index in [9.17, 15) is 79.8 Å². The Bertz CT molecular complexity index is 1230. The van der Waals surface area contributed by atoms with Gasteiger partial charge < -0.3 is 19.7 Å². The number of carbonyl (C=O) groups is 2. The molecule has 6 nitrogen and oxygen atoms in total. The molecule has 22 heteroatoms. The summed E-state index contributed by atoms with van der Waals surface area (Å²) in [6.07, 6.45) is -7.94. The molecule has 0 amide bonds. The molecule has 0 fully saturated rings. The van der Waals surface area contributed by atoms with E-state index in [2.05, 4.69) is 22.6 Å². The number of alkyl halides is 16. The van der Waals surface area contributed by atoms with Crippen molar-refractivity contribution in [3.05, 3.63) is 24.3 Å². The van der Waals surface area contributed by atoms with E-state index in [-0.39, 0.29) is 18.4 Å². The highest BCUT2D eigenvalue weighted by atomic mass is 19.4. The van der Waals surface area contributed by atoms with E-state index >= 15 is 0 Å². The van der Waals surface area contributed by atoms with Crippen LogP contribution in [0.3, 0.4) is 0 Å². The standard InChI is InChI=1S/C31H40F16O6/c1-5-6-7-8-9-11-24(32,33)26(36,37)28(40,41)30(44,45)31(46,47)29(42,43)27(38,39)25(34,35)12-10-20(16-52-22(50)18(2)3)17-53-23(51)19(4)13-21(14-48)15-49/h20-21,48-49H,2,4-17H2,1,3H3. The molecule has 0 spiro atoms. The maximum atomic E-state index is 14.6. The molecule has 53 heavy (non-hydrogen) atoms. The van der Waals surface area contributed by atoms with Crippen LogP contribution >= 0.6 is 0 Å². The van der Waals surface area contributed by atoms with Gasteiger partial charge in [-0.3, -0.25) is 0 Å². The van der Waals surface area contributed by atoms with Gasteiger partial charge in [0, 0.05) is 49.0 Å². The Morgan fingerprint density at radius 2 is 0.943 bits per heavy atom. The summed E-state index contributed by atoms with van der Waals surface area (Å²) in [7, 11) is 0. The molecule has 0 saturated carbocycles. The third-order valence-electron chi connectivity index (χ3n) is 7.94. The first kappa shape index (κ1) is 50.2. The fraction of sp³-hybridized carbons (Fsp3) is 0.806. The number of rotatable bonds is 26. The number of aliphatic hydroxyl groups is 2. The molecule has 1 atom stereocenters. The van der Waals surface area contributed by atoms with Crippen LogP contribution in [0, 0.1) is 11.8 Å². The zero-order valence-corrected chi connectivity index (χ0v) is 28.3. The lowest BCUT2D eigenvalue weighted by atomic mass is 9.85. The summed E-state index contributed by atoms with van der Waals surface area (Å²) in [4.78, 5) is 23.9. The molecule has 2 N–H and O–H groups in total. The molecule has 0 radical (unpaired) electrons. The van der Waals surface area contributed by atoms with Crippen LogP contribution in [0.1, 0.15) is 71.6 Å². The van der Waals surface area contributed by atoms with Crippen molar-refractivity contribution in [2.24, 2.45) is 11.8 Å². The number of hydrogen-bond acceptors (Lipinski definition) is 6. The van der Waals surface area contributed by atoms with Gasteiger partial charge in [0.1, 0.15) is 0 Å². The van der Waals surface area contributed by atoms with Gasteiger partial charge in [0.25, 0.3) is 0 Å². The van der Waals surface area contributed by atoms with Gasteiger partial charge in [-0.1, -0.05) is 45.8 Å². The van der Waals surface area contributed by atoms with E-state index in [0.717, 1.165) is 6.92 Å². The maximum absolute atomic E-state index is 14.6. The van der Waals surface area contributed by atoms with Crippen molar-refractivity contribution < 1.29 is 99.5 Å². The molecule has 312 valence electrons. The summed E-state index contributed by atoms with van der Waals surface area (Å²) in [5, 5.41) is 18.2. The Balaban J connectivity index is 6.41. The third kappa shape index (κ3) is 10.9. The second-order valence-corrected chi connectivity index (χ2v) is 12.4. The first-order valence-electron chi connectivity index (χ1n) is 15.7. The maximum Gasteiger partial charge on any atom is 0.384 e. The highest BCUT2D eigenvalue weighted by Crippen LogP contribution is 2.64. The first-order valence-corrected chi connectivity index (χ1v) is 15.7. The smallest absolute Gasteiger partial charge is 0.384 e. The molecular weight excluding hydrogens is 772 g/mol. The Morgan fingerprint density at radius 1 is 0.566 bits per heavy atom. The van der Waals surface area contributed by atoms with Gasteiger partial charge in [-0.25, -0.2) is 9.59 Å². The molecule has 0 bridgehead atoms. The van der Waals surface area contributed by atoms with Gasteiger partial charge in [0.15, 0.2) is 0 Å². The summed E-state index contributed by atoms with van der Waals surface area (Å²) < 4.78 is 239. The summed E-state index contributed by atoms with van der Waals surface area (Å²) in [6.45, 7) is 5.29. The quantitative estimate of drug-likeness (QED) is 0.0392. The van der Waals surface area contributed by atoms with Crippen molar-refractivity contribution in [1.29, 1.82) is 0 Å². The summed E-state index contributed by atoms with van der Waals surface area (Å²) in [6, 6.07) is 0. The molecule has 1 unspecified atom stereocenters. The van der Waals surface area contributed by atoms with Gasteiger partial charge >= 0.3 is 59.3 Å². The predicted octanol–water partition coefficient (Wildman–Crippen LogP) is 9.04. The minimum absolute atomic E-state index is 0.0385. The lowest BCUT2D eigenvalue weighted by molar-refractivity contribution is -0.453. The lowest BCUT2D eigenvalue weighted by Crippen LogP contribution is -2.74. The molecule has 0 aliphatic heterocycles. The summed E-state index contributed by atoms with van der Waals surface area (Å²) in [5.41, 5.74) is -0.845. The summed E-state index contributed by atoms with van der Waals surface area (Å²) >= 11 is 0. The molecule has 0 heterocycles. The van der Waals surface area contributed by atoms with Crippen molar-refractivity contribution in [3.63, 3.8) is 0 Å². The topological polar surface area (TPSA) is 93.1 Å². The van der Waals surface area contributed by atoms with Crippen molar-refractivity contribution >= 4 is 11.9 Å². The Labute approximate surface area is 293 Å². The van der Waals surface area contributed by atoms with Gasteiger partial charge in [-0.15, -0.1) is 0 Å². The molecule has 0 saturated heterocycles. The molecule has 0 aliphatic carbocycles. The number of aliphatic hydroxyl groups excluding tert-OH is 2. The number of carbonyl (C=O) groups excluding carboxylic acids is 2. The average molecular weight is 813 g/mol. The largest absolute Gasteiger partial charge is 0.462 e.